The quantitative estimate of drug-likeness (QED) is 0.164. The molecule has 0 radical (unpaired) electrons. The molecule has 13 aromatic rings. The second kappa shape index (κ2) is 35.4. The van der Waals surface area contributed by atoms with Crippen LogP contribution in [0.3, 0.4) is 0 Å². The first-order valence-electron chi connectivity index (χ1n) is 36.2. The normalized spacial score (nSPS) is 11.8. The Labute approximate surface area is 619 Å². The Hall–Kier alpha value is -8.84. The summed E-state index contributed by atoms with van der Waals surface area (Å²) < 4.78 is 8.72. The van der Waals surface area contributed by atoms with Gasteiger partial charge in [0, 0.05) is 73.0 Å². The molecular formula is C96H120N4OS. The highest BCUT2D eigenvalue weighted by Gasteiger charge is 2.21. The van der Waals surface area contributed by atoms with E-state index in [0.29, 0.717) is 5.41 Å². The van der Waals surface area contributed by atoms with Crippen molar-refractivity contribution in [2.24, 2.45) is 0 Å². The number of fused-ring (bicyclic) bond motifs is 6. The smallest absolute Gasteiger partial charge is 0.135 e. The van der Waals surface area contributed by atoms with Crippen LogP contribution in [0.1, 0.15) is 222 Å². The number of thiophene rings is 1. The average molecular weight is 1380 g/mol. The first-order chi connectivity index (χ1) is 47.5. The van der Waals surface area contributed by atoms with E-state index in [0.717, 1.165) is 16.9 Å². The molecule has 0 atom stereocenters. The van der Waals surface area contributed by atoms with Crippen LogP contribution in [0.4, 0.5) is 0 Å². The second-order valence-corrected chi connectivity index (χ2v) is 35.8. The van der Waals surface area contributed by atoms with Crippen LogP contribution < -0.4 is 0 Å². The Morgan fingerprint density at radius 3 is 1.25 bits per heavy atom. The van der Waals surface area contributed by atoms with Gasteiger partial charge in [-0.25, -0.2) is 9.97 Å². The summed E-state index contributed by atoms with van der Waals surface area (Å²) in [5, 5.41) is 5.19. The van der Waals surface area contributed by atoms with Gasteiger partial charge in [0.25, 0.3) is 0 Å². The molecule has 5 heterocycles. The van der Waals surface area contributed by atoms with Crippen molar-refractivity contribution in [3.05, 3.63) is 311 Å². The number of nitrogens with zero attached hydrogens (tertiary/aromatic N) is 4. The zero-order valence-corrected chi connectivity index (χ0v) is 67.7. The first kappa shape index (κ1) is 82.1. The van der Waals surface area contributed by atoms with Gasteiger partial charge in [-0.1, -0.05) is 348 Å². The van der Waals surface area contributed by atoms with Crippen LogP contribution in [0.5, 0.6) is 0 Å². The van der Waals surface area contributed by atoms with Crippen LogP contribution in [0, 0.1) is 13.8 Å². The maximum Gasteiger partial charge on any atom is 0.135 e. The molecule has 536 valence electrons. The number of furan rings is 1. The molecule has 0 fully saturated rings. The van der Waals surface area contributed by atoms with Crippen LogP contribution >= 0.6 is 11.3 Å². The molecule has 6 heteroatoms. The van der Waals surface area contributed by atoms with Crippen molar-refractivity contribution in [3.8, 4) is 11.1 Å². The number of para-hydroxylation sites is 1. The Kier molecular flexibility index (Phi) is 28.5. The maximum atomic E-state index is 5.89. The van der Waals surface area contributed by atoms with Crippen molar-refractivity contribution in [3.63, 3.8) is 0 Å². The van der Waals surface area contributed by atoms with E-state index >= 15 is 0 Å². The summed E-state index contributed by atoms with van der Waals surface area (Å²) in [6, 6.07) is 76.8. The number of aryl methyl sites for hydroxylation is 2. The molecule has 0 N–H and O–H groups in total. The number of benzene rings is 8. The van der Waals surface area contributed by atoms with E-state index in [4.69, 9.17) is 4.42 Å². The lowest BCUT2D eigenvalue weighted by Gasteiger charge is -2.19. The van der Waals surface area contributed by atoms with Crippen molar-refractivity contribution in [2.75, 3.05) is 0 Å². The molecule has 0 spiro atoms. The van der Waals surface area contributed by atoms with E-state index in [1.807, 2.05) is 66.5 Å². The third-order valence-electron chi connectivity index (χ3n) is 17.7. The molecule has 0 aliphatic carbocycles. The van der Waals surface area contributed by atoms with Crippen molar-refractivity contribution < 1.29 is 4.42 Å². The molecule has 0 saturated carbocycles. The third-order valence-corrected chi connectivity index (χ3v) is 18.9. The molecule has 0 aliphatic rings. The van der Waals surface area contributed by atoms with Crippen molar-refractivity contribution >= 4 is 53.4 Å². The van der Waals surface area contributed by atoms with E-state index in [1.54, 1.807) is 12.5 Å². The monoisotopic (exact) mass is 1380 g/mol. The molecule has 8 aromatic carbocycles. The molecule has 0 bridgehead atoms. The summed E-state index contributed by atoms with van der Waals surface area (Å²) in [6.45, 7) is 57.5. The number of hydrogen-bond donors (Lipinski definition) is 0. The Bertz CT molecular complexity index is 4430. The van der Waals surface area contributed by atoms with E-state index in [1.165, 1.54) is 92.1 Å². The highest BCUT2D eigenvalue weighted by Crippen LogP contribution is 2.40. The van der Waals surface area contributed by atoms with Gasteiger partial charge in [-0.15, -0.1) is 11.3 Å². The molecule has 0 unspecified atom stereocenters. The molecule has 102 heavy (non-hydrogen) atoms. The molecule has 0 aliphatic heterocycles. The molecule has 5 aromatic heterocycles. The largest absolute Gasteiger partial charge is 0.456 e. The van der Waals surface area contributed by atoms with Crippen LogP contribution in [-0.2, 0) is 43.3 Å². The fourth-order valence-corrected chi connectivity index (χ4v) is 12.2. The van der Waals surface area contributed by atoms with E-state index in [-0.39, 0.29) is 37.9 Å². The third kappa shape index (κ3) is 25.3. The maximum absolute atomic E-state index is 5.89. The molecule has 13 rings (SSSR count). The fraction of sp³-hybridized carbons (Fsp3) is 0.354. The number of hydrogen-bond acceptors (Lipinski definition) is 6. The zero-order chi connectivity index (χ0) is 75.5. The predicted molar refractivity (Wildman–Crippen MR) is 447 cm³/mol. The highest BCUT2D eigenvalue weighted by molar-refractivity contribution is 7.26. The van der Waals surface area contributed by atoms with Crippen molar-refractivity contribution in [2.45, 2.75) is 223 Å². The van der Waals surface area contributed by atoms with Crippen molar-refractivity contribution in [1.29, 1.82) is 0 Å². The van der Waals surface area contributed by atoms with Gasteiger partial charge in [0.05, 0.1) is 0 Å². The zero-order valence-electron chi connectivity index (χ0n) is 66.9. The Morgan fingerprint density at radius 2 is 0.745 bits per heavy atom. The van der Waals surface area contributed by atoms with Crippen LogP contribution in [0.15, 0.2) is 260 Å². The standard InChI is InChI=1S/C16H16O.C16H16S.C16H18.C12H18.C10H14.2C9H13N.C8H12N2/c1-16(2,3)11-8-9-13-12-6-4-5-7-14(12)17-15(13)10-11;1-16(2,3)13-9-6-8-12-11-7-4-5-10-14(11)17-15(12)13;1-16(2,3)15-11-7-10-14(12-15)13-8-5-4-6-9-13;1-9-6-7-11(8-10(9)2)12(3,4)5;1-10(2,3)9-7-5-4-6-8-9;1-9(2,3)8-5-4-6-10-7-8;1-9(2,3)8-6-4-5-7-10-8;1-8(2,3)7-4-9-6-10-5-7/h2*4-10H,1-3H3;4-12H,1-3H3;6-8H,1-5H3;4-8H,1-3H3;2*4-7H,1-3H3;4-6H,1-3H3. The van der Waals surface area contributed by atoms with Gasteiger partial charge in [0.1, 0.15) is 17.5 Å². The van der Waals surface area contributed by atoms with E-state index in [2.05, 4.69) is 388 Å². The number of rotatable bonds is 1. The lowest BCUT2D eigenvalue weighted by Crippen LogP contribution is -2.12. The van der Waals surface area contributed by atoms with Crippen LogP contribution in [-0.4, -0.2) is 19.9 Å². The van der Waals surface area contributed by atoms with Gasteiger partial charge in [-0.3, -0.25) is 9.97 Å². The Balaban J connectivity index is 0.000000185. The second-order valence-electron chi connectivity index (χ2n) is 34.8. The SMILES string of the molecule is CC(C)(C)c1ccc2c(c1)oc1ccccc12.CC(C)(C)c1cccc(-c2ccccc2)c1.CC(C)(C)c1cccc2c1sc1ccccc12.CC(C)(C)c1ccccc1.CC(C)(C)c1ccccn1.CC(C)(C)c1cccnc1.CC(C)(C)c1cncnc1.Cc1ccc(C(C)(C)C)cc1C. The van der Waals surface area contributed by atoms with Gasteiger partial charge in [-0.2, -0.15) is 0 Å². The molecule has 0 saturated heterocycles. The first-order valence-corrected chi connectivity index (χ1v) is 37.0. The van der Waals surface area contributed by atoms with E-state index in [9.17, 15) is 0 Å². The lowest BCUT2D eigenvalue weighted by molar-refractivity contribution is 0.569. The minimum Gasteiger partial charge on any atom is -0.456 e. The predicted octanol–water partition coefficient (Wildman–Crippen LogP) is 28.0. The van der Waals surface area contributed by atoms with E-state index < -0.39 is 0 Å². The number of aromatic nitrogens is 4. The summed E-state index contributed by atoms with van der Waals surface area (Å²) in [6.07, 6.45) is 10.8. The summed E-state index contributed by atoms with van der Waals surface area (Å²) >= 11 is 1.92. The summed E-state index contributed by atoms with van der Waals surface area (Å²) in [4.78, 5) is 16.2. The van der Waals surface area contributed by atoms with Gasteiger partial charge < -0.3 is 4.42 Å². The summed E-state index contributed by atoms with van der Waals surface area (Å²) in [5.41, 5.74) is 19.6. The topological polar surface area (TPSA) is 64.7 Å². The summed E-state index contributed by atoms with van der Waals surface area (Å²) in [7, 11) is 0. The number of pyridine rings is 2. The average Bonchev–Trinajstić information content (AvgIpc) is 1.62. The van der Waals surface area contributed by atoms with Gasteiger partial charge in [0.2, 0.25) is 0 Å². The van der Waals surface area contributed by atoms with Crippen LogP contribution in [0.25, 0.3) is 53.2 Å². The van der Waals surface area contributed by atoms with Crippen LogP contribution in [0.2, 0.25) is 0 Å². The fourth-order valence-electron chi connectivity index (χ4n) is 10.8. The highest BCUT2D eigenvalue weighted by atomic mass is 32.1. The Morgan fingerprint density at radius 1 is 0.284 bits per heavy atom. The molecule has 0 amide bonds. The molecule has 5 nitrogen and oxygen atoms in total. The molecular weight excluding hydrogens is 1260 g/mol. The minimum atomic E-state index is 0.160. The minimum absolute atomic E-state index is 0.160. The van der Waals surface area contributed by atoms with Crippen molar-refractivity contribution in [1.82, 2.24) is 19.9 Å². The van der Waals surface area contributed by atoms with Gasteiger partial charge in [0.15, 0.2) is 0 Å². The van der Waals surface area contributed by atoms with Gasteiger partial charge in [-0.05, 0) is 149 Å². The lowest BCUT2D eigenvalue weighted by atomic mass is 9.85. The van der Waals surface area contributed by atoms with Gasteiger partial charge >= 0.3 is 0 Å². The summed E-state index contributed by atoms with van der Waals surface area (Å²) in [5.74, 6) is 0.